The van der Waals surface area contributed by atoms with Crippen molar-refractivity contribution in [3.05, 3.63) is 46.0 Å². The van der Waals surface area contributed by atoms with Crippen LogP contribution in [-0.2, 0) is 16.0 Å². The van der Waals surface area contributed by atoms with Gasteiger partial charge in [0, 0.05) is 19.5 Å². The van der Waals surface area contributed by atoms with Crippen molar-refractivity contribution in [2.45, 2.75) is 32.1 Å². The molecule has 6 heteroatoms. The number of hydrogen-bond donors (Lipinski definition) is 0. The predicted octanol–water partition coefficient (Wildman–Crippen LogP) is 3.71. The molecule has 0 spiro atoms. The summed E-state index contributed by atoms with van der Waals surface area (Å²) in [4.78, 5) is 26.3. The first kappa shape index (κ1) is 17.7. The van der Waals surface area contributed by atoms with Gasteiger partial charge in [-0.3, -0.25) is 4.79 Å². The van der Waals surface area contributed by atoms with Crippen molar-refractivity contribution in [2.24, 2.45) is 5.92 Å². The molecule has 0 unspecified atom stereocenters. The molecule has 0 radical (unpaired) electrons. The van der Waals surface area contributed by atoms with E-state index in [4.69, 9.17) is 9.15 Å². The highest BCUT2D eigenvalue weighted by Gasteiger charge is 2.28. The SMILES string of the molecule is COC(=O)c1ccoc1CC1CCN(C(=O)[C@H](C)c2ccsc2)CC1. The van der Waals surface area contributed by atoms with Crippen LogP contribution in [0.1, 0.15) is 47.4 Å². The number of piperidine rings is 1. The molecule has 2 aromatic rings. The molecule has 134 valence electrons. The molecule has 1 atom stereocenters. The molecule has 1 fully saturated rings. The fourth-order valence-electron chi connectivity index (χ4n) is 3.35. The minimum absolute atomic E-state index is 0.0844. The lowest BCUT2D eigenvalue weighted by atomic mass is 9.90. The Bertz CT molecular complexity index is 714. The number of nitrogens with zero attached hydrogens (tertiary/aromatic N) is 1. The van der Waals surface area contributed by atoms with Gasteiger partial charge in [-0.05, 0) is 54.1 Å². The number of methoxy groups -OCH3 is 1. The number of thiophene rings is 1. The van der Waals surface area contributed by atoms with Crippen molar-refractivity contribution in [2.75, 3.05) is 20.2 Å². The largest absolute Gasteiger partial charge is 0.468 e. The average Bonchev–Trinajstić information content (AvgIpc) is 3.32. The monoisotopic (exact) mass is 361 g/mol. The summed E-state index contributed by atoms with van der Waals surface area (Å²) in [5.41, 5.74) is 1.60. The van der Waals surface area contributed by atoms with Gasteiger partial charge < -0.3 is 14.1 Å². The molecule has 1 aliphatic rings. The van der Waals surface area contributed by atoms with Gasteiger partial charge in [0.1, 0.15) is 11.3 Å². The van der Waals surface area contributed by atoms with Gasteiger partial charge in [-0.15, -0.1) is 0 Å². The smallest absolute Gasteiger partial charge is 0.341 e. The summed E-state index contributed by atoms with van der Waals surface area (Å²) in [6, 6.07) is 3.67. The van der Waals surface area contributed by atoms with E-state index in [9.17, 15) is 9.59 Å². The first-order valence-corrected chi connectivity index (χ1v) is 9.50. The lowest BCUT2D eigenvalue weighted by Gasteiger charge is -2.33. The van der Waals surface area contributed by atoms with Crippen molar-refractivity contribution in [1.29, 1.82) is 0 Å². The molecule has 0 aromatic carbocycles. The number of esters is 1. The van der Waals surface area contributed by atoms with Gasteiger partial charge in [0.2, 0.25) is 5.91 Å². The third-order valence-electron chi connectivity index (χ3n) is 4.96. The van der Waals surface area contributed by atoms with Crippen LogP contribution < -0.4 is 0 Å². The van der Waals surface area contributed by atoms with Gasteiger partial charge in [-0.1, -0.05) is 0 Å². The highest BCUT2D eigenvalue weighted by molar-refractivity contribution is 7.08. The zero-order valence-corrected chi connectivity index (χ0v) is 15.4. The molecule has 3 heterocycles. The topological polar surface area (TPSA) is 59.8 Å². The van der Waals surface area contributed by atoms with Crippen LogP contribution in [0.25, 0.3) is 0 Å². The van der Waals surface area contributed by atoms with E-state index in [-0.39, 0.29) is 17.8 Å². The number of likely N-dealkylation sites (tertiary alicyclic amines) is 1. The lowest BCUT2D eigenvalue weighted by Crippen LogP contribution is -2.40. The van der Waals surface area contributed by atoms with Crippen molar-refractivity contribution in [3.63, 3.8) is 0 Å². The normalized spacial score (nSPS) is 16.6. The molecule has 3 rings (SSSR count). The van der Waals surface area contributed by atoms with E-state index in [0.717, 1.165) is 31.5 Å². The minimum Gasteiger partial charge on any atom is -0.468 e. The molecule has 5 nitrogen and oxygen atoms in total. The third-order valence-corrected chi connectivity index (χ3v) is 5.67. The molecule has 0 N–H and O–H groups in total. The summed E-state index contributed by atoms with van der Waals surface area (Å²) in [5.74, 6) is 0.850. The van der Waals surface area contributed by atoms with Crippen LogP contribution in [0.3, 0.4) is 0 Å². The van der Waals surface area contributed by atoms with E-state index in [1.807, 2.05) is 28.7 Å². The number of rotatable bonds is 5. The van der Waals surface area contributed by atoms with Crippen molar-refractivity contribution in [3.8, 4) is 0 Å². The average molecular weight is 361 g/mol. The second-order valence-electron chi connectivity index (χ2n) is 6.50. The van der Waals surface area contributed by atoms with Gasteiger partial charge in [0.25, 0.3) is 0 Å². The Labute approximate surface area is 151 Å². The molecule has 2 aromatic heterocycles. The predicted molar refractivity (Wildman–Crippen MR) is 95.8 cm³/mol. The lowest BCUT2D eigenvalue weighted by molar-refractivity contribution is -0.133. The Morgan fingerprint density at radius 1 is 1.36 bits per heavy atom. The molecule has 0 aliphatic carbocycles. The minimum atomic E-state index is -0.360. The molecule has 1 aliphatic heterocycles. The Morgan fingerprint density at radius 2 is 2.12 bits per heavy atom. The fraction of sp³-hybridized carbons (Fsp3) is 0.474. The van der Waals surface area contributed by atoms with E-state index >= 15 is 0 Å². The zero-order chi connectivity index (χ0) is 17.8. The maximum atomic E-state index is 12.7. The summed E-state index contributed by atoms with van der Waals surface area (Å²) in [7, 11) is 1.37. The maximum Gasteiger partial charge on any atom is 0.341 e. The van der Waals surface area contributed by atoms with E-state index in [2.05, 4.69) is 0 Å². The third kappa shape index (κ3) is 3.95. The van der Waals surface area contributed by atoms with Gasteiger partial charge in [0.15, 0.2) is 0 Å². The summed E-state index contributed by atoms with van der Waals surface area (Å²) >= 11 is 1.62. The molecular weight excluding hydrogens is 338 g/mol. The van der Waals surface area contributed by atoms with E-state index in [1.54, 1.807) is 17.4 Å². The van der Waals surface area contributed by atoms with Crippen LogP contribution >= 0.6 is 11.3 Å². The van der Waals surface area contributed by atoms with Crippen LogP contribution in [0, 0.1) is 5.92 Å². The summed E-state index contributed by atoms with van der Waals surface area (Å²) in [5, 5.41) is 4.05. The second kappa shape index (κ2) is 7.87. The summed E-state index contributed by atoms with van der Waals surface area (Å²) in [6.45, 7) is 3.49. The maximum absolute atomic E-state index is 12.7. The molecule has 1 amide bonds. The number of carbonyl (C=O) groups is 2. The standard InChI is InChI=1S/C19H23NO4S/c1-13(15-6-10-25-12-15)18(21)20-7-3-14(4-8-20)11-17-16(5-9-24-17)19(22)23-2/h5-6,9-10,12-14H,3-4,7-8,11H2,1-2H3/t13-/m1/s1. The highest BCUT2D eigenvalue weighted by atomic mass is 32.1. The van der Waals surface area contributed by atoms with Crippen LogP contribution in [0.4, 0.5) is 0 Å². The Balaban J connectivity index is 1.55. The molecule has 1 saturated heterocycles. The quantitative estimate of drug-likeness (QED) is 0.762. The zero-order valence-electron chi connectivity index (χ0n) is 14.6. The summed E-state index contributed by atoms with van der Waals surface area (Å²) < 4.78 is 10.3. The number of amides is 1. The molecule has 0 saturated carbocycles. The Kier molecular flexibility index (Phi) is 5.58. The Hall–Kier alpha value is -2.08. The van der Waals surface area contributed by atoms with E-state index in [1.165, 1.54) is 13.4 Å². The van der Waals surface area contributed by atoms with Crippen molar-refractivity contribution < 1.29 is 18.7 Å². The van der Waals surface area contributed by atoms with Crippen LogP contribution in [0.2, 0.25) is 0 Å². The van der Waals surface area contributed by atoms with Crippen LogP contribution in [-0.4, -0.2) is 37.0 Å². The van der Waals surface area contributed by atoms with Crippen molar-refractivity contribution in [1.82, 2.24) is 4.90 Å². The summed E-state index contributed by atoms with van der Waals surface area (Å²) in [6.07, 6.45) is 4.08. The number of carbonyl (C=O) groups excluding carboxylic acids is 2. The van der Waals surface area contributed by atoms with E-state index < -0.39 is 0 Å². The van der Waals surface area contributed by atoms with Gasteiger partial charge >= 0.3 is 5.97 Å². The highest BCUT2D eigenvalue weighted by Crippen LogP contribution is 2.27. The van der Waals surface area contributed by atoms with E-state index in [0.29, 0.717) is 23.7 Å². The van der Waals surface area contributed by atoms with Gasteiger partial charge in [0.05, 0.1) is 19.3 Å². The molecule has 0 bridgehead atoms. The van der Waals surface area contributed by atoms with Crippen LogP contribution in [0.5, 0.6) is 0 Å². The van der Waals surface area contributed by atoms with Gasteiger partial charge in [-0.25, -0.2) is 4.79 Å². The number of hydrogen-bond acceptors (Lipinski definition) is 5. The van der Waals surface area contributed by atoms with Gasteiger partial charge in [-0.2, -0.15) is 11.3 Å². The number of furan rings is 1. The molecule has 25 heavy (non-hydrogen) atoms. The second-order valence-corrected chi connectivity index (χ2v) is 7.28. The molecular formula is C19H23NO4S. The van der Waals surface area contributed by atoms with Crippen molar-refractivity contribution >= 4 is 23.2 Å². The van der Waals surface area contributed by atoms with Crippen LogP contribution in [0.15, 0.2) is 33.6 Å². The fourth-order valence-corrected chi connectivity index (χ4v) is 4.10. The first-order chi connectivity index (χ1) is 12.1. The Morgan fingerprint density at radius 3 is 2.76 bits per heavy atom. The number of ether oxygens (including phenoxy) is 1. The first-order valence-electron chi connectivity index (χ1n) is 8.55.